The molecule has 1 amide bonds. The van der Waals surface area contributed by atoms with Crippen molar-refractivity contribution in [2.45, 2.75) is 39.2 Å². The minimum Gasteiger partial charge on any atom is -0.357 e. The van der Waals surface area contributed by atoms with Crippen molar-refractivity contribution >= 4 is 29.0 Å². The van der Waals surface area contributed by atoms with Gasteiger partial charge < -0.3 is 5.32 Å². The number of carbonyl (C=O) groups is 1. The van der Waals surface area contributed by atoms with Crippen LogP contribution >= 0.6 is 11.6 Å². The molecule has 0 spiro atoms. The molecule has 0 aliphatic carbocycles. The largest absolute Gasteiger partial charge is 0.357 e. The highest BCUT2D eigenvalue weighted by atomic mass is 35.5. The van der Waals surface area contributed by atoms with E-state index in [1.165, 1.54) is 0 Å². The molecule has 0 aromatic carbocycles. The minimum atomic E-state index is -0.614. The van der Waals surface area contributed by atoms with Crippen LogP contribution in [0.3, 0.4) is 0 Å². The fourth-order valence-electron chi connectivity index (χ4n) is 2.20. The lowest BCUT2D eigenvalue weighted by Crippen LogP contribution is -2.36. The molecular weight excluding hydrogens is 292 g/mol. The summed E-state index contributed by atoms with van der Waals surface area (Å²) in [7, 11) is 0. The summed E-state index contributed by atoms with van der Waals surface area (Å²) in [6, 6.07) is 2.97. The first-order valence-electron chi connectivity index (χ1n) is 6.62. The summed E-state index contributed by atoms with van der Waals surface area (Å²) in [4.78, 5) is 16.0. The number of hydrogen-bond acceptors (Lipinski definition) is 4. The van der Waals surface area contributed by atoms with Crippen molar-refractivity contribution in [2.24, 2.45) is 0 Å². The zero-order chi connectivity index (χ0) is 15.8. The van der Waals surface area contributed by atoms with E-state index in [0.29, 0.717) is 10.8 Å². The number of nitrogens with one attached hydrogen (secondary N) is 2. The molecule has 2 aromatic rings. The number of hydroxylamine groups is 1. The highest BCUT2D eigenvalue weighted by Gasteiger charge is 2.26. The number of aromatic nitrogens is 2. The van der Waals surface area contributed by atoms with E-state index in [9.17, 15) is 4.79 Å². The number of imidazole rings is 1. The zero-order valence-corrected chi connectivity index (χ0v) is 13.2. The number of anilines is 1. The molecule has 21 heavy (non-hydrogen) atoms. The molecule has 0 aliphatic rings. The van der Waals surface area contributed by atoms with E-state index in [1.807, 2.05) is 10.5 Å². The molecule has 0 saturated carbocycles. The Morgan fingerprint density at radius 2 is 2.10 bits per heavy atom. The number of pyridine rings is 1. The zero-order valence-electron chi connectivity index (χ0n) is 12.4. The molecule has 0 fully saturated rings. The molecule has 6 nitrogen and oxygen atoms in total. The summed E-state index contributed by atoms with van der Waals surface area (Å²) in [5.41, 5.74) is 3.08. The van der Waals surface area contributed by atoms with Gasteiger partial charge in [0.05, 0.1) is 10.7 Å². The first-order chi connectivity index (χ1) is 9.74. The molecular formula is C14H19ClN4O2. The van der Waals surface area contributed by atoms with Gasteiger partial charge in [-0.05, 0) is 19.1 Å². The Balaban J connectivity index is 2.55. The third-order valence-corrected chi connectivity index (χ3v) is 3.37. The van der Waals surface area contributed by atoms with E-state index in [2.05, 4.69) is 31.1 Å². The highest BCUT2D eigenvalue weighted by Crippen LogP contribution is 2.31. The lowest BCUT2D eigenvalue weighted by molar-refractivity contribution is -0.129. The average molecular weight is 311 g/mol. The number of hydrogen-bond donors (Lipinski definition) is 3. The summed E-state index contributed by atoms with van der Waals surface area (Å²) in [5.74, 6) is 0.0748. The Morgan fingerprint density at radius 1 is 1.43 bits per heavy atom. The third kappa shape index (κ3) is 3.11. The van der Waals surface area contributed by atoms with Gasteiger partial charge in [-0.15, -0.1) is 0 Å². The predicted molar refractivity (Wildman–Crippen MR) is 81.9 cm³/mol. The summed E-state index contributed by atoms with van der Waals surface area (Å²) in [6.45, 7) is 7.81. The summed E-state index contributed by atoms with van der Waals surface area (Å²) in [6.07, 6.45) is 1.80. The van der Waals surface area contributed by atoms with E-state index in [-0.39, 0.29) is 5.41 Å². The Morgan fingerprint density at radius 3 is 2.67 bits per heavy atom. The van der Waals surface area contributed by atoms with Crippen LogP contribution in [0.15, 0.2) is 18.3 Å². The van der Waals surface area contributed by atoms with Gasteiger partial charge >= 0.3 is 0 Å². The van der Waals surface area contributed by atoms with Crippen LogP contribution in [0.5, 0.6) is 0 Å². The molecule has 0 bridgehead atoms. The molecule has 3 N–H and O–H groups in total. The summed E-state index contributed by atoms with van der Waals surface area (Å²) < 4.78 is 1.91. The number of carbonyl (C=O) groups excluding carboxylic acids is 1. The summed E-state index contributed by atoms with van der Waals surface area (Å²) >= 11 is 6.06. The van der Waals surface area contributed by atoms with Crippen molar-refractivity contribution in [3.05, 3.63) is 29.0 Å². The maximum Gasteiger partial charge on any atom is 0.265 e. The van der Waals surface area contributed by atoms with Crippen LogP contribution in [-0.4, -0.2) is 26.5 Å². The molecule has 0 radical (unpaired) electrons. The monoisotopic (exact) mass is 310 g/mol. The number of amides is 1. The number of nitrogens with zero attached hydrogens (tertiary/aromatic N) is 2. The molecule has 1 unspecified atom stereocenters. The fourth-order valence-corrected chi connectivity index (χ4v) is 2.36. The van der Waals surface area contributed by atoms with E-state index in [1.54, 1.807) is 24.7 Å². The molecule has 2 heterocycles. The standard InChI is InChI=1S/C14H19ClN4O2/c1-8(13(20)18-21)16-12-11(14(2,3)4)19-7-9(15)5-6-10(19)17-12/h5-8,16,21H,1-4H3,(H,18,20). The second-order valence-electron chi connectivity index (χ2n) is 5.98. The molecule has 114 valence electrons. The molecule has 2 aromatic heterocycles. The Bertz CT molecular complexity index is 675. The second-order valence-corrected chi connectivity index (χ2v) is 6.41. The first kappa shape index (κ1) is 15.6. The van der Waals surface area contributed by atoms with E-state index in [0.717, 1.165) is 11.3 Å². The average Bonchev–Trinajstić information content (AvgIpc) is 2.74. The number of halogens is 1. The smallest absolute Gasteiger partial charge is 0.265 e. The Hall–Kier alpha value is -1.79. The van der Waals surface area contributed by atoms with Crippen LogP contribution in [-0.2, 0) is 10.2 Å². The SMILES string of the molecule is CC(Nc1nc2ccc(Cl)cn2c1C(C)(C)C)C(=O)NO. The Kier molecular flexibility index (Phi) is 4.11. The molecule has 7 heteroatoms. The number of rotatable bonds is 3. The molecule has 1 atom stereocenters. The van der Waals surface area contributed by atoms with Crippen LogP contribution in [0.4, 0.5) is 5.82 Å². The third-order valence-electron chi connectivity index (χ3n) is 3.15. The normalized spacial score (nSPS) is 13.2. The van der Waals surface area contributed by atoms with Crippen molar-refractivity contribution in [1.82, 2.24) is 14.9 Å². The number of fused-ring (bicyclic) bond motifs is 1. The van der Waals surface area contributed by atoms with E-state index >= 15 is 0 Å². The van der Waals surface area contributed by atoms with Crippen molar-refractivity contribution in [3.8, 4) is 0 Å². The predicted octanol–water partition coefficient (Wildman–Crippen LogP) is 2.59. The van der Waals surface area contributed by atoms with Gasteiger partial charge in [0.2, 0.25) is 0 Å². The van der Waals surface area contributed by atoms with Crippen molar-refractivity contribution in [1.29, 1.82) is 0 Å². The van der Waals surface area contributed by atoms with Gasteiger partial charge in [0, 0.05) is 11.6 Å². The first-order valence-corrected chi connectivity index (χ1v) is 7.00. The molecule has 2 rings (SSSR count). The van der Waals surface area contributed by atoms with Crippen molar-refractivity contribution in [3.63, 3.8) is 0 Å². The Labute approximate surface area is 128 Å². The highest BCUT2D eigenvalue weighted by molar-refractivity contribution is 6.30. The quantitative estimate of drug-likeness (QED) is 0.601. The maximum absolute atomic E-state index is 11.5. The molecule has 0 saturated heterocycles. The fraction of sp³-hybridized carbons (Fsp3) is 0.429. The van der Waals surface area contributed by atoms with Crippen LogP contribution < -0.4 is 10.8 Å². The van der Waals surface area contributed by atoms with Crippen LogP contribution in [0, 0.1) is 0 Å². The van der Waals surface area contributed by atoms with Gasteiger partial charge in [0.1, 0.15) is 17.5 Å². The van der Waals surface area contributed by atoms with Crippen molar-refractivity contribution < 1.29 is 10.0 Å². The van der Waals surface area contributed by atoms with Gasteiger partial charge in [0.25, 0.3) is 5.91 Å². The lowest BCUT2D eigenvalue weighted by Gasteiger charge is -2.21. The van der Waals surface area contributed by atoms with E-state index in [4.69, 9.17) is 16.8 Å². The molecule has 0 aliphatic heterocycles. The lowest BCUT2D eigenvalue weighted by atomic mass is 9.91. The van der Waals surface area contributed by atoms with Gasteiger partial charge in [-0.1, -0.05) is 32.4 Å². The van der Waals surface area contributed by atoms with Gasteiger partial charge in [-0.2, -0.15) is 0 Å². The second kappa shape index (κ2) is 5.54. The van der Waals surface area contributed by atoms with Crippen molar-refractivity contribution in [2.75, 3.05) is 5.32 Å². The van der Waals surface area contributed by atoms with Crippen LogP contribution in [0.1, 0.15) is 33.4 Å². The minimum absolute atomic E-state index is 0.207. The van der Waals surface area contributed by atoms with Gasteiger partial charge in [0.15, 0.2) is 0 Å². The van der Waals surface area contributed by atoms with Crippen LogP contribution in [0.2, 0.25) is 5.02 Å². The van der Waals surface area contributed by atoms with E-state index < -0.39 is 11.9 Å². The van der Waals surface area contributed by atoms with Gasteiger partial charge in [-0.25, -0.2) is 10.5 Å². The van der Waals surface area contributed by atoms with Gasteiger partial charge in [-0.3, -0.25) is 14.4 Å². The topological polar surface area (TPSA) is 78.7 Å². The maximum atomic E-state index is 11.5. The van der Waals surface area contributed by atoms with Crippen LogP contribution in [0.25, 0.3) is 5.65 Å². The summed E-state index contributed by atoms with van der Waals surface area (Å²) in [5, 5.41) is 12.3.